The summed E-state index contributed by atoms with van der Waals surface area (Å²) in [5, 5.41) is 0. The first kappa shape index (κ1) is 16.0. The van der Waals surface area contributed by atoms with E-state index < -0.39 is 0 Å². The Labute approximate surface area is 131 Å². The molecule has 1 aliphatic rings. The fourth-order valence-corrected chi connectivity index (χ4v) is 3.76. The average molecular weight is 308 g/mol. The zero-order chi connectivity index (χ0) is 15.4. The number of benzene rings is 1. The van der Waals surface area contributed by atoms with Gasteiger partial charge in [-0.3, -0.25) is 4.79 Å². The second-order valence-electron chi connectivity index (χ2n) is 5.62. The van der Waals surface area contributed by atoms with Crippen LogP contribution in [0, 0.1) is 0 Å². The molecule has 0 bridgehead atoms. The van der Waals surface area contributed by atoms with Gasteiger partial charge in [-0.15, -0.1) is 11.8 Å². The van der Waals surface area contributed by atoms with Crippen molar-refractivity contribution in [2.45, 2.75) is 50.1 Å². The van der Waals surface area contributed by atoms with E-state index in [1.54, 1.807) is 7.11 Å². The molecule has 1 aliphatic heterocycles. The van der Waals surface area contributed by atoms with Gasteiger partial charge in [0.25, 0.3) is 0 Å². The van der Waals surface area contributed by atoms with Crippen molar-refractivity contribution in [3.05, 3.63) is 18.2 Å². The average Bonchev–Trinajstić information content (AvgIpc) is 2.46. The number of nitrogens with zero attached hydrogens (tertiary/aromatic N) is 1. The van der Waals surface area contributed by atoms with Crippen LogP contribution in [0.2, 0.25) is 0 Å². The van der Waals surface area contributed by atoms with Gasteiger partial charge in [0, 0.05) is 22.7 Å². The highest BCUT2D eigenvalue weighted by atomic mass is 32.2. The lowest BCUT2D eigenvalue weighted by Crippen LogP contribution is -2.48. The molecule has 116 valence electrons. The lowest BCUT2D eigenvalue weighted by Gasteiger charge is -2.39. The summed E-state index contributed by atoms with van der Waals surface area (Å²) in [4.78, 5) is 15.4. The predicted octanol–water partition coefficient (Wildman–Crippen LogP) is 3.16. The summed E-state index contributed by atoms with van der Waals surface area (Å²) in [6.07, 6.45) is 3.41. The van der Waals surface area contributed by atoms with E-state index in [-0.39, 0.29) is 5.91 Å². The first-order valence-electron chi connectivity index (χ1n) is 7.40. The van der Waals surface area contributed by atoms with Crippen molar-refractivity contribution >= 4 is 23.4 Å². The SMILES string of the molecule is COc1ccc(N)c(SCC(=O)N2C(C)CCCC2C)c1. The highest BCUT2D eigenvalue weighted by Gasteiger charge is 2.28. The summed E-state index contributed by atoms with van der Waals surface area (Å²) in [6, 6.07) is 6.21. The van der Waals surface area contributed by atoms with E-state index in [1.165, 1.54) is 18.2 Å². The number of carbonyl (C=O) groups is 1. The van der Waals surface area contributed by atoms with Crippen molar-refractivity contribution in [1.82, 2.24) is 4.90 Å². The molecule has 0 aliphatic carbocycles. The predicted molar refractivity (Wildman–Crippen MR) is 87.8 cm³/mol. The molecular formula is C16H24N2O2S. The molecule has 21 heavy (non-hydrogen) atoms. The minimum atomic E-state index is 0.196. The van der Waals surface area contributed by atoms with E-state index in [1.807, 2.05) is 23.1 Å². The van der Waals surface area contributed by atoms with E-state index in [2.05, 4.69) is 13.8 Å². The van der Waals surface area contributed by atoms with E-state index in [9.17, 15) is 4.79 Å². The summed E-state index contributed by atoms with van der Waals surface area (Å²) >= 11 is 1.49. The smallest absolute Gasteiger partial charge is 0.233 e. The zero-order valence-corrected chi connectivity index (χ0v) is 13.8. The van der Waals surface area contributed by atoms with Crippen LogP contribution in [0.25, 0.3) is 0 Å². The van der Waals surface area contributed by atoms with Crippen LogP contribution in [0.4, 0.5) is 5.69 Å². The lowest BCUT2D eigenvalue weighted by molar-refractivity contribution is -0.134. The maximum absolute atomic E-state index is 12.5. The summed E-state index contributed by atoms with van der Waals surface area (Å²) in [6.45, 7) is 4.27. The molecule has 1 aromatic rings. The van der Waals surface area contributed by atoms with Gasteiger partial charge in [-0.05, 0) is 51.3 Å². The van der Waals surface area contributed by atoms with Crippen molar-refractivity contribution in [3.63, 3.8) is 0 Å². The number of nitrogen functional groups attached to an aromatic ring is 1. The van der Waals surface area contributed by atoms with Crippen molar-refractivity contribution in [3.8, 4) is 5.75 Å². The van der Waals surface area contributed by atoms with Gasteiger partial charge in [0.1, 0.15) is 5.75 Å². The summed E-state index contributed by atoms with van der Waals surface area (Å²) in [5.41, 5.74) is 6.65. The number of anilines is 1. The van der Waals surface area contributed by atoms with Gasteiger partial charge < -0.3 is 15.4 Å². The Hall–Kier alpha value is -1.36. The molecule has 1 amide bonds. The number of thioether (sulfide) groups is 1. The van der Waals surface area contributed by atoms with Crippen LogP contribution in [0.5, 0.6) is 5.75 Å². The van der Waals surface area contributed by atoms with Gasteiger partial charge in [0.05, 0.1) is 12.9 Å². The highest BCUT2D eigenvalue weighted by molar-refractivity contribution is 8.00. The number of methoxy groups -OCH3 is 1. The van der Waals surface area contributed by atoms with Gasteiger partial charge >= 0.3 is 0 Å². The third kappa shape index (κ3) is 3.84. The molecule has 2 rings (SSSR count). The highest BCUT2D eigenvalue weighted by Crippen LogP contribution is 2.30. The van der Waals surface area contributed by atoms with Crippen LogP contribution in [0.1, 0.15) is 33.1 Å². The minimum Gasteiger partial charge on any atom is -0.497 e. The number of rotatable bonds is 4. The van der Waals surface area contributed by atoms with E-state index in [4.69, 9.17) is 10.5 Å². The standard InChI is InChI=1S/C16H24N2O2S/c1-11-5-4-6-12(2)18(11)16(19)10-21-15-9-13(20-3)7-8-14(15)17/h7-9,11-12H,4-6,10,17H2,1-3H3. The largest absolute Gasteiger partial charge is 0.497 e. The normalized spacial score (nSPS) is 22.1. The minimum absolute atomic E-state index is 0.196. The second-order valence-corrected chi connectivity index (χ2v) is 6.64. The van der Waals surface area contributed by atoms with Crippen LogP contribution in [0.15, 0.2) is 23.1 Å². The van der Waals surface area contributed by atoms with E-state index in [0.29, 0.717) is 23.5 Å². The first-order valence-corrected chi connectivity index (χ1v) is 8.39. The molecule has 2 unspecified atom stereocenters. The van der Waals surface area contributed by atoms with E-state index in [0.717, 1.165) is 23.5 Å². The molecule has 0 saturated carbocycles. The Kier molecular flexibility index (Phi) is 5.39. The van der Waals surface area contributed by atoms with E-state index >= 15 is 0 Å². The number of nitrogens with two attached hydrogens (primary N) is 1. The van der Waals surface area contributed by atoms with Crippen LogP contribution in [0.3, 0.4) is 0 Å². The van der Waals surface area contributed by atoms with Gasteiger partial charge in [-0.1, -0.05) is 0 Å². The summed E-state index contributed by atoms with van der Waals surface area (Å²) < 4.78 is 5.20. The number of hydrogen-bond acceptors (Lipinski definition) is 4. The fourth-order valence-electron chi connectivity index (χ4n) is 2.89. The quantitative estimate of drug-likeness (QED) is 0.686. The maximum atomic E-state index is 12.5. The van der Waals surface area contributed by atoms with Crippen molar-refractivity contribution in [1.29, 1.82) is 0 Å². The molecular weight excluding hydrogens is 284 g/mol. The fraction of sp³-hybridized carbons (Fsp3) is 0.562. The number of hydrogen-bond donors (Lipinski definition) is 1. The topological polar surface area (TPSA) is 55.6 Å². The van der Waals surface area contributed by atoms with Gasteiger partial charge in [-0.2, -0.15) is 0 Å². The zero-order valence-electron chi connectivity index (χ0n) is 13.0. The van der Waals surface area contributed by atoms with Crippen LogP contribution in [-0.4, -0.2) is 35.8 Å². The van der Waals surface area contributed by atoms with Crippen molar-refractivity contribution < 1.29 is 9.53 Å². The number of likely N-dealkylation sites (tertiary alicyclic amines) is 1. The van der Waals surface area contributed by atoms with Crippen molar-refractivity contribution in [2.24, 2.45) is 0 Å². The van der Waals surface area contributed by atoms with Crippen LogP contribution < -0.4 is 10.5 Å². The number of carbonyl (C=O) groups excluding carboxylic acids is 1. The lowest BCUT2D eigenvalue weighted by atomic mass is 9.98. The Balaban J connectivity index is 2.00. The van der Waals surface area contributed by atoms with Crippen LogP contribution >= 0.6 is 11.8 Å². The molecule has 0 radical (unpaired) electrons. The Morgan fingerprint density at radius 3 is 2.67 bits per heavy atom. The third-order valence-electron chi connectivity index (χ3n) is 4.05. The molecule has 1 fully saturated rings. The Bertz CT molecular complexity index is 497. The monoisotopic (exact) mass is 308 g/mol. The number of piperidine rings is 1. The summed E-state index contributed by atoms with van der Waals surface area (Å²) in [7, 11) is 1.63. The molecule has 1 saturated heterocycles. The molecule has 2 N–H and O–H groups in total. The van der Waals surface area contributed by atoms with Gasteiger partial charge in [0.2, 0.25) is 5.91 Å². The molecule has 2 atom stereocenters. The van der Waals surface area contributed by atoms with Gasteiger partial charge in [0.15, 0.2) is 0 Å². The molecule has 4 nitrogen and oxygen atoms in total. The first-order chi connectivity index (χ1) is 10.0. The van der Waals surface area contributed by atoms with Crippen molar-refractivity contribution in [2.75, 3.05) is 18.6 Å². The Morgan fingerprint density at radius 1 is 1.38 bits per heavy atom. The Morgan fingerprint density at radius 2 is 2.05 bits per heavy atom. The molecule has 0 spiro atoms. The third-order valence-corrected chi connectivity index (χ3v) is 5.11. The molecule has 5 heteroatoms. The number of ether oxygens (including phenoxy) is 1. The molecule has 1 heterocycles. The van der Waals surface area contributed by atoms with Gasteiger partial charge in [-0.25, -0.2) is 0 Å². The second kappa shape index (κ2) is 7.07. The molecule has 0 aromatic heterocycles. The summed E-state index contributed by atoms with van der Waals surface area (Å²) in [5.74, 6) is 1.38. The molecule has 1 aromatic carbocycles. The number of amides is 1. The maximum Gasteiger partial charge on any atom is 0.233 e. The van der Waals surface area contributed by atoms with Crippen LogP contribution in [-0.2, 0) is 4.79 Å².